The Morgan fingerprint density at radius 2 is 1.97 bits per heavy atom. The third kappa shape index (κ3) is 4.47. The van der Waals surface area contributed by atoms with Gasteiger partial charge in [-0.15, -0.1) is 11.3 Å². The number of furan rings is 1. The maximum absolute atomic E-state index is 12.5. The van der Waals surface area contributed by atoms with E-state index in [4.69, 9.17) is 9.15 Å². The summed E-state index contributed by atoms with van der Waals surface area (Å²) in [5.74, 6) is -0.0647. The molecule has 0 unspecified atom stereocenters. The van der Waals surface area contributed by atoms with Gasteiger partial charge in [-0.3, -0.25) is 4.79 Å². The normalized spacial score (nSPS) is 10.7. The molecule has 0 aliphatic rings. The van der Waals surface area contributed by atoms with Gasteiger partial charge in [-0.05, 0) is 19.1 Å². The summed E-state index contributed by atoms with van der Waals surface area (Å²) in [6.45, 7) is 2.00. The van der Waals surface area contributed by atoms with Crippen molar-refractivity contribution in [3.05, 3.63) is 64.7 Å². The van der Waals surface area contributed by atoms with E-state index in [1.807, 2.05) is 41.8 Å². The van der Waals surface area contributed by atoms with Crippen molar-refractivity contribution in [2.75, 3.05) is 11.9 Å². The smallest absolute Gasteiger partial charge is 0.350 e. The second-order valence-electron chi connectivity index (χ2n) is 6.13. The fourth-order valence-corrected chi connectivity index (χ4v) is 4.41. The van der Waals surface area contributed by atoms with E-state index >= 15 is 0 Å². The van der Waals surface area contributed by atoms with E-state index in [-0.39, 0.29) is 18.9 Å². The lowest BCUT2D eigenvalue weighted by Crippen LogP contribution is -2.14. The van der Waals surface area contributed by atoms with Crippen molar-refractivity contribution in [3.8, 4) is 22.0 Å². The molecule has 0 fully saturated rings. The number of amides is 1. The Bertz CT molecular complexity index is 1150. The zero-order chi connectivity index (χ0) is 20.9. The molecular weight excluding hydrogens is 422 g/mol. The highest BCUT2D eigenvalue weighted by Gasteiger charge is 2.22. The van der Waals surface area contributed by atoms with Gasteiger partial charge >= 0.3 is 5.97 Å². The van der Waals surface area contributed by atoms with Crippen LogP contribution < -0.4 is 5.32 Å². The lowest BCUT2D eigenvalue weighted by molar-refractivity contribution is -0.115. The Kier molecular flexibility index (Phi) is 6.01. The van der Waals surface area contributed by atoms with Gasteiger partial charge in [0.1, 0.15) is 4.88 Å². The minimum Gasteiger partial charge on any atom is -0.462 e. The summed E-state index contributed by atoms with van der Waals surface area (Å²) in [7, 11) is 0. The Morgan fingerprint density at radius 1 is 1.13 bits per heavy atom. The van der Waals surface area contributed by atoms with Gasteiger partial charge in [0.15, 0.2) is 15.9 Å². The molecule has 3 heterocycles. The van der Waals surface area contributed by atoms with Gasteiger partial charge in [0, 0.05) is 10.9 Å². The SMILES string of the molecule is CCOC(=O)c1sc(NC(=O)Cc2csc(-c3ccco3)n2)nc1-c1ccccc1. The largest absolute Gasteiger partial charge is 0.462 e. The summed E-state index contributed by atoms with van der Waals surface area (Å²) < 4.78 is 10.5. The highest BCUT2D eigenvalue weighted by molar-refractivity contribution is 7.18. The third-order valence-corrected chi connectivity index (χ3v) is 5.86. The number of aromatic nitrogens is 2. The number of anilines is 1. The molecule has 0 aliphatic carbocycles. The molecule has 0 saturated heterocycles. The molecule has 0 saturated carbocycles. The van der Waals surface area contributed by atoms with Crippen LogP contribution in [0.25, 0.3) is 22.0 Å². The van der Waals surface area contributed by atoms with Crippen LogP contribution in [0.3, 0.4) is 0 Å². The number of rotatable bonds is 7. The lowest BCUT2D eigenvalue weighted by atomic mass is 10.1. The maximum Gasteiger partial charge on any atom is 0.350 e. The van der Waals surface area contributed by atoms with Gasteiger partial charge in [-0.1, -0.05) is 41.7 Å². The van der Waals surface area contributed by atoms with Crippen molar-refractivity contribution in [3.63, 3.8) is 0 Å². The monoisotopic (exact) mass is 439 g/mol. The van der Waals surface area contributed by atoms with Crippen LogP contribution in [0.2, 0.25) is 0 Å². The summed E-state index contributed by atoms with van der Waals surface area (Å²) in [6, 6.07) is 12.9. The second kappa shape index (κ2) is 9.02. The van der Waals surface area contributed by atoms with E-state index in [2.05, 4.69) is 15.3 Å². The molecule has 1 N–H and O–H groups in total. The van der Waals surface area contributed by atoms with Crippen LogP contribution in [-0.2, 0) is 16.0 Å². The Hall–Kier alpha value is -3.30. The van der Waals surface area contributed by atoms with Gasteiger partial charge in [0.25, 0.3) is 0 Å². The standard InChI is InChI=1S/C21H17N3O4S2/c1-2-27-20(26)18-17(13-7-4-3-5-8-13)24-21(30-18)23-16(25)11-14-12-29-19(22-14)15-9-6-10-28-15/h3-10,12H,2,11H2,1H3,(H,23,24,25). The first-order chi connectivity index (χ1) is 14.6. The van der Waals surface area contributed by atoms with Crippen LogP contribution >= 0.6 is 22.7 Å². The van der Waals surface area contributed by atoms with Gasteiger partial charge < -0.3 is 14.5 Å². The average Bonchev–Trinajstić information content (AvgIpc) is 3.49. The quantitative estimate of drug-likeness (QED) is 0.412. The maximum atomic E-state index is 12.5. The van der Waals surface area contributed by atoms with Gasteiger partial charge in [0.05, 0.1) is 30.7 Å². The van der Waals surface area contributed by atoms with E-state index in [1.54, 1.807) is 19.3 Å². The average molecular weight is 440 g/mol. The molecule has 4 rings (SSSR count). The summed E-state index contributed by atoms with van der Waals surface area (Å²) >= 11 is 2.50. The molecule has 0 aliphatic heterocycles. The van der Waals surface area contributed by atoms with E-state index < -0.39 is 5.97 Å². The van der Waals surface area contributed by atoms with Crippen molar-refractivity contribution in [2.45, 2.75) is 13.3 Å². The van der Waals surface area contributed by atoms with Crippen LogP contribution in [0, 0.1) is 0 Å². The second-order valence-corrected chi connectivity index (χ2v) is 7.99. The number of ether oxygens (including phenoxy) is 1. The first-order valence-corrected chi connectivity index (χ1v) is 10.8. The van der Waals surface area contributed by atoms with E-state index in [9.17, 15) is 9.59 Å². The number of nitrogens with one attached hydrogen (secondary N) is 1. The van der Waals surface area contributed by atoms with Crippen LogP contribution in [0.4, 0.5) is 5.13 Å². The zero-order valence-corrected chi connectivity index (χ0v) is 17.6. The van der Waals surface area contributed by atoms with Crippen LogP contribution in [-0.4, -0.2) is 28.5 Å². The highest BCUT2D eigenvalue weighted by atomic mass is 32.1. The third-order valence-electron chi connectivity index (χ3n) is 4.01. The molecule has 152 valence electrons. The molecular formula is C21H17N3O4S2. The van der Waals surface area contributed by atoms with Crippen molar-refractivity contribution in [2.24, 2.45) is 0 Å². The van der Waals surface area contributed by atoms with E-state index in [0.717, 1.165) is 16.9 Å². The molecule has 0 atom stereocenters. The van der Waals surface area contributed by atoms with Crippen molar-refractivity contribution >= 4 is 39.7 Å². The van der Waals surface area contributed by atoms with Gasteiger partial charge in [-0.2, -0.15) is 0 Å². The molecule has 4 aromatic rings. The molecule has 0 radical (unpaired) electrons. The molecule has 7 nitrogen and oxygen atoms in total. The van der Waals surface area contributed by atoms with Crippen molar-refractivity contribution in [1.82, 2.24) is 9.97 Å². The topological polar surface area (TPSA) is 94.3 Å². The molecule has 3 aromatic heterocycles. The number of carbonyl (C=O) groups excluding carboxylic acids is 2. The summed E-state index contributed by atoms with van der Waals surface area (Å²) in [6.07, 6.45) is 1.67. The molecule has 30 heavy (non-hydrogen) atoms. The minimum atomic E-state index is -0.461. The number of carbonyl (C=O) groups is 2. The summed E-state index contributed by atoms with van der Waals surface area (Å²) in [5, 5.41) is 5.63. The molecule has 1 amide bonds. The van der Waals surface area contributed by atoms with Crippen LogP contribution in [0.15, 0.2) is 58.5 Å². The Balaban J connectivity index is 1.51. The summed E-state index contributed by atoms with van der Waals surface area (Å²) in [5.41, 5.74) is 1.90. The van der Waals surface area contributed by atoms with Crippen LogP contribution in [0.5, 0.6) is 0 Å². The van der Waals surface area contributed by atoms with Gasteiger partial charge in [-0.25, -0.2) is 14.8 Å². The minimum absolute atomic E-state index is 0.0895. The Labute approximate surface area is 180 Å². The molecule has 1 aromatic carbocycles. The van der Waals surface area contributed by atoms with Gasteiger partial charge in [0.2, 0.25) is 5.91 Å². The zero-order valence-electron chi connectivity index (χ0n) is 16.0. The number of hydrogen-bond donors (Lipinski definition) is 1. The fourth-order valence-electron chi connectivity index (χ4n) is 2.73. The molecule has 0 spiro atoms. The number of hydrogen-bond acceptors (Lipinski definition) is 8. The van der Waals surface area contributed by atoms with Crippen LogP contribution in [0.1, 0.15) is 22.3 Å². The van der Waals surface area contributed by atoms with Crippen molar-refractivity contribution < 1.29 is 18.7 Å². The summed E-state index contributed by atoms with van der Waals surface area (Å²) in [4.78, 5) is 34.1. The first-order valence-electron chi connectivity index (χ1n) is 9.15. The fraction of sp³-hybridized carbons (Fsp3) is 0.143. The Morgan fingerprint density at radius 3 is 2.70 bits per heavy atom. The number of thiazole rings is 2. The van der Waals surface area contributed by atoms with E-state index in [1.165, 1.54) is 11.3 Å². The molecule has 9 heteroatoms. The molecule has 0 bridgehead atoms. The van der Waals surface area contributed by atoms with Crippen molar-refractivity contribution in [1.29, 1.82) is 0 Å². The predicted molar refractivity (Wildman–Crippen MR) is 116 cm³/mol. The van der Waals surface area contributed by atoms with E-state index in [0.29, 0.717) is 32.2 Å². The predicted octanol–water partition coefficient (Wildman–Crippen LogP) is 4.88. The number of esters is 1. The number of nitrogens with zero attached hydrogens (tertiary/aromatic N) is 2. The highest BCUT2D eigenvalue weighted by Crippen LogP contribution is 2.32. The first kappa shape index (κ1) is 20.0. The number of benzene rings is 1. The lowest BCUT2D eigenvalue weighted by Gasteiger charge is -2.01.